The largest absolute Gasteiger partial charge is 0.443 e. The Kier molecular flexibility index (Phi) is 3.59. The van der Waals surface area contributed by atoms with Crippen molar-refractivity contribution in [3.63, 3.8) is 0 Å². The van der Waals surface area contributed by atoms with Crippen molar-refractivity contribution in [3.05, 3.63) is 23.9 Å². The van der Waals surface area contributed by atoms with Gasteiger partial charge in [-0.15, -0.1) is 0 Å². The number of nitrogens with one attached hydrogen (secondary N) is 1. The molecule has 1 aliphatic rings. The Balaban J connectivity index is 2.15. The van der Waals surface area contributed by atoms with Crippen LogP contribution in [-0.2, 0) is 21.4 Å². The molecule has 0 unspecified atom stereocenters. The molecular formula is C12H17N3O4S. The minimum absolute atomic E-state index is 0.254. The van der Waals surface area contributed by atoms with Crippen LogP contribution in [0.25, 0.3) is 0 Å². The predicted molar refractivity (Wildman–Crippen MR) is 73.6 cm³/mol. The fourth-order valence-corrected chi connectivity index (χ4v) is 2.96. The van der Waals surface area contributed by atoms with Crippen LogP contribution in [0.15, 0.2) is 18.3 Å². The summed E-state index contributed by atoms with van der Waals surface area (Å²) in [5, 5.41) is 0. The number of ether oxygens (including phenoxy) is 1. The Morgan fingerprint density at radius 1 is 1.45 bits per heavy atom. The zero-order chi connectivity index (χ0) is 15.0. The lowest BCUT2D eigenvalue weighted by molar-refractivity contribution is 0.0570. The van der Waals surface area contributed by atoms with Crippen LogP contribution in [0.5, 0.6) is 0 Å². The van der Waals surface area contributed by atoms with Crippen molar-refractivity contribution >= 4 is 22.1 Å². The van der Waals surface area contributed by atoms with Gasteiger partial charge in [-0.2, -0.15) is 8.42 Å². The molecule has 1 N–H and O–H groups in total. The number of rotatable bonds is 2. The predicted octanol–water partition coefficient (Wildman–Crippen LogP) is 1.21. The molecule has 2 heterocycles. The van der Waals surface area contributed by atoms with E-state index >= 15 is 0 Å². The molecule has 0 fully saturated rings. The van der Waals surface area contributed by atoms with Crippen LogP contribution in [0.1, 0.15) is 26.3 Å². The fraction of sp³-hybridized carbons (Fsp3) is 0.500. The molecule has 0 radical (unpaired) electrons. The van der Waals surface area contributed by atoms with Crippen molar-refractivity contribution in [3.8, 4) is 0 Å². The van der Waals surface area contributed by atoms with E-state index in [1.165, 1.54) is 6.20 Å². The summed E-state index contributed by atoms with van der Waals surface area (Å²) in [6.45, 7) is 5.23. The number of carbonyl (C=O) groups is 1. The lowest BCUT2D eigenvalue weighted by Gasteiger charge is -2.22. The quantitative estimate of drug-likeness (QED) is 0.886. The summed E-state index contributed by atoms with van der Waals surface area (Å²) in [7, 11) is -4.00. The molecule has 0 aliphatic carbocycles. The topological polar surface area (TPSA) is 88.6 Å². The molecule has 1 aromatic rings. The van der Waals surface area contributed by atoms with Crippen LogP contribution in [-0.4, -0.2) is 31.6 Å². The standard InChI is InChI=1S/C12H17N3O4S/c1-12(2,3)19-11(16)14-20(17,18)15-8-6-9-5-4-7-13-10(9)15/h4-5,7H,6,8H2,1-3H3,(H,14,16). The monoisotopic (exact) mass is 299 g/mol. The number of fused-ring (bicyclic) bond motifs is 1. The van der Waals surface area contributed by atoms with E-state index in [9.17, 15) is 13.2 Å². The van der Waals surface area contributed by atoms with E-state index in [1.54, 1.807) is 26.8 Å². The molecule has 7 nitrogen and oxygen atoms in total. The Labute approximate surface area is 118 Å². The lowest BCUT2D eigenvalue weighted by atomic mass is 10.2. The Morgan fingerprint density at radius 3 is 2.80 bits per heavy atom. The van der Waals surface area contributed by atoms with Crippen LogP contribution in [0.2, 0.25) is 0 Å². The molecule has 0 aromatic carbocycles. The van der Waals surface area contributed by atoms with Gasteiger partial charge in [-0.25, -0.2) is 18.8 Å². The number of hydrogen-bond acceptors (Lipinski definition) is 5. The van der Waals surface area contributed by atoms with Gasteiger partial charge < -0.3 is 4.74 Å². The number of pyridine rings is 1. The van der Waals surface area contributed by atoms with Gasteiger partial charge in [0.2, 0.25) is 0 Å². The number of aromatic nitrogens is 1. The molecule has 0 bridgehead atoms. The average Bonchev–Trinajstić information content (AvgIpc) is 2.69. The first-order valence-electron chi connectivity index (χ1n) is 6.16. The SMILES string of the molecule is CC(C)(C)OC(=O)NS(=O)(=O)N1CCc2cccnc21. The first-order valence-corrected chi connectivity index (χ1v) is 7.60. The molecule has 0 spiro atoms. The van der Waals surface area contributed by atoms with Gasteiger partial charge >= 0.3 is 16.3 Å². The van der Waals surface area contributed by atoms with Gasteiger partial charge in [-0.1, -0.05) is 6.07 Å². The molecule has 1 aromatic heterocycles. The molecule has 0 saturated heterocycles. The van der Waals surface area contributed by atoms with Gasteiger partial charge in [0.05, 0.1) is 0 Å². The summed E-state index contributed by atoms with van der Waals surface area (Å²) < 4.78 is 32.2. The summed E-state index contributed by atoms with van der Waals surface area (Å²) in [6, 6.07) is 3.56. The van der Waals surface area contributed by atoms with E-state index in [1.807, 2.05) is 10.8 Å². The molecule has 8 heteroatoms. The maximum Gasteiger partial charge on any atom is 0.422 e. The van der Waals surface area contributed by atoms with Crippen molar-refractivity contribution in [2.75, 3.05) is 10.8 Å². The van der Waals surface area contributed by atoms with Crippen LogP contribution in [0.3, 0.4) is 0 Å². The highest BCUT2D eigenvalue weighted by atomic mass is 32.2. The molecule has 1 amide bonds. The third-order valence-electron chi connectivity index (χ3n) is 2.59. The summed E-state index contributed by atoms with van der Waals surface area (Å²) in [4.78, 5) is 15.6. The molecule has 0 saturated carbocycles. The zero-order valence-electron chi connectivity index (χ0n) is 11.6. The first-order chi connectivity index (χ1) is 9.19. The van der Waals surface area contributed by atoms with E-state index in [0.717, 1.165) is 9.87 Å². The van der Waals surface area contributed by atoms with Crippen molar-refractivity contribution in [2.45, 2.75) is 32.8 Å². The van der Waals surface area contributed by atoms with Crippen LogP contribution >= 0.6 is 0 Å². The summed E-state index contributed by atoms with van der Waals surface area (Å²) in [5.41, 5.74) is 0.0721. The van der Waals surface area contributed by atoms with E-state index in [0.29, 0.717) is 12.2 Å². The van der Waals surface area contributed by atoms with E-state index in [-0.39, 0.29) is 6.54 Å². The second-order valence-corrected chi connectivity index (χ2v) is 7.01. The van der Waals surface area contributed by atoms with Crippen molar-refractivity contribution in [1.82, 2.24) is 9.71 Å². The normalized spacial score (nSPS) is 14.8. The Bertz CT molecular complexity index is 622. The van der Waals surface area contributed by atoms with Gasteiger partial charge in [-0.05, 0) is 38.8 Å². The molecule has 110 valence electrons. The second-order valence-electron chi connectivity index (χ2n) is 5.42. The van der Waals surface area contributed by atoms with Gasteiger partial charge in [0, 0.05) is 12.7 Å². The van der Waals surface area contributed by atoms with E-state index in [4.69, 9.17) is 4.74 Å². The lowest BCUT2D eigenvalue weighted by Crippen LogP contribution is -2.45. The summed E-state index contributed by atoms with van der Waals surface area (Å²) in [5.74, 6) is 0.351. The van der Waals surface area contributed by atoms with Gasteiger partial charge in [0.1, 0.15) is 11.4 Å². The van der Waals surface area contributed by atoms with Crippen molar-refractivity contribution in [1.29, 1.82) is 0 Å². The molecule has 1 aliphatic heterocycles. The molecule has 2 rings (SSSR count). The minimum Gasteiger partial charge on any atom is -0.443 e. The smallest absolute Gasteiger partial charge is 0.422 e. The average molecular weight is 299 g/mol. The number of anilines is 1. The number of amides is 1. The van der Waals surface area contributed by atoms with Crippen molar-refractivity contribution in [2.24, 2.45) is 0 Å². The number of carbonyl (C=O) groups excluding carboxylic acids is 1. The van der Waals surface area contributed by atoms with Crippen molar-refractivity contribution < 1.29 is 17.9 Å². The third kappa shape index (κ3) is 3.19. The summed E-state index contributed by atoms with van der Waals surface area (Å²) >= 11 is 0. The molecule has 0 atom stereocenters. The highest BCUT2D eigenvalue weighted by Gasteiger charge is 2.32. The number of nitrogens with zero attached hydrogens (tertiary/aromatic N) is 2. The van der Waals surface area contributed by atoms with Crippen LogP contribution in [0.4, 0.5) is 10.6 Å². The fourth-order valence-electron chi connectivity index (χ4n) is 1.87. The maximum absolute atomic E-state index is 12.2. The Morgan fingerprint density at radius 2 is 2.15 bits per heavy atom. The zero-order valence-corrected chi connectivity index (χ0v) is 12.4. The van der Waals surface area contributed by atoms with E-state index < -0.39 is 21.9 Å². The van der Waals surface area contributed by atoms with Gasteiger partial charge in [0.15, 0.2) is 0 Å². The molecular weight excluding hydrogens is 282 g/mol. The minimum atomic E-state index is -4.00. The second kappa shape index (κ2) is 4.93. The summed E-state index contributed by atoms with van der Waals surface area (Å²) in [6.07, 6.45) is 1.08. The van der Waals surface area contributed by atoms with E-state index in [2.05, 4.69) is 4.98 Å². The first kappa shape index (κ1) is 14.6. The number of hydrogen-bond donors (Lipinski definition) is 1. The highest BCUT2D eigenvalue weighted by Crippen LogP contribution is 2.26. The Hall–Kier alpha value is -1.83. The maximum atomic E-state index is 12.2. The van der Waals surface area contributed by atoms with Crippen LogP contribution < -0.4 is 9.03 Å². The third-order valence-corrected chi connectivity index (χ3v) is 3.95. The van der Waals surface area contributed by atoms with Gasteiger partial charge in [-0.3, -0.25) is 0 Å². The molecule has 20 heavy (non-hydrogen) atoms. The van der Waals surface area contributed by atoms with Crippen LogP contribution in [0, 0.1) is 0 Å². The van der Waals surface area contributed by atoms with Gasteiger partial charge in [0.25, 0.3) is 0 Å². The highest BCUT2D eigenvalue weighted by molar-refractivity contribution is 7.91.